The Hall–Kier alpha value is -2.24. The highest BCUT2D eigenvalue weighted by molar-refractivity contribution is 6.31. The van der Waals surface area contributed by atoms with E-state index in [1.165, 1.54) is 11.8 Å². The number of nitrogens with zero attached hydrogens (tertiary/aromatic N) is 3. The molecule has 3 N–H and O–H groups in total. The van der Waals surface area contributed by atoms with Gasteiger partial charge in [-0.15, -0.1) is 0 Å². The van der Waals surface area contributed by atoms with E-state index in [4.69, 9.17) is 16.3 Å². The molecular formula is C23H30ClN5O2. The molecule has 0 radical (unpaired) electrons. The first-order valence-corrected chi connectivity index (χ1v) is 11.1. The first-order valence-electron chi connectivity index (χ1n) is 10.7. The molecule has 2 aromatic rings. The molecule has 31 heavy (non-hydrogen) atoms. The van der Waals surface area contributed by atoms with Gasteiger partial charge in [0, 0.05) is 30.6 Å². The van der Waals surface area contributed by atoms with E-state index in [0.29, 0.717) is 36.3 Å². The van der Waals surface area contributed by atoms with Crippen molar-refractivity contribution in [3.63, 3.8) is 0 Å². The molecule has 3 rings (SSSR count). The minimum Gasteiger partial charge on any atom is -0.389 e. The lowest BCUT2D eigenvalue weighted by molar-refractivity contribution is -0.0136. The summed E-state index contributed by atoms with van der Waals surface area (Å²) in [5.41, 5.74) is 3.61. The Morgan fingerprint density at radius 3 is 2.77 bits per heavy atom. The van der Waals surface area contributed by atoms with Gasteiger partial charge in [-0.3, -0.25) is 4.98 Å². The molecule has 0 bridgehead atoms. The molecule has 7 nitrogen and oxygen atoms in total. The highest BCUT2D eigenvalue weighted by Crippen LogP contribution is 2.27. The van der Waals surface area contributed by atoms with Crippen LogP contribution in [0.25, 0.3) is 0 Å². The van der Waals surface area contributed by atoms with Crippen LogP contribution in [0.5, 0.6) is 0 Å². The lowest BCUT2D eigenvalue weighted by atomic mass is 9.91. The molecule has 1 aliphatic heterocycles. The Kier molecular flexibility index (Phi) is 8.22. The van der Waals surface area contributed by atoms with Crippen LogP contribution in [0.15, 0.2) is 18.6 Å². The minimum atomic E-state index is -0.608. The van der Waals surface area contributed by atoms with Crippen molar-refractivity contribution in [3.05, 3.63) is 46.0 Å². The van der Waals surface area contributed by atoms with Gasteiger partial charge in [0.2, 0.25) is 5.95 Å². The Bertz CT molecular complexity index is 957. The van der Waals surface area contributed by atoms with Gasteiger partial charge in [-0.1, -0.05) is 38.3 Å². The van der Waals surface area contributed by atoms with Crippen molar-refractivity contribution < 1.29 is 9.84 Å². The molecule has 3 atom stereocenters. The zero-order valence-corrected chi connectivity index (χ0v) is 19.2. The number of aliphatic hydroxyl groups excluding tert-OH is 1. The summed E-state index contributed by atoms with van der Waals surface area (Å²) in [6.45, 7) is 10.3. The van der Waals surface area contributed by atoms with Crippen molar-refractivity contribution in [2.24, 2.45) is 0 Å². The van der Waals surface area contributed by atoms with E-state index in [1.807, 2.05) is 6.20 Å². The molecule has 8 heteroatoms. The Balaban J connectivity index is 1.90. The fraction of sp³-hybridized carbons (Fsp3) is 0.522. The Morgan fingerprint density at radius 1 is 1.26 bits per heavy atom. The van der Waals surface area contributed by atoms with Gasteiger partial charge in [-0.25, -0.2) is 9.97 Å². The smallest absolute Gasteiger partial charge is 0.224 e. The maximum atomic E-state index is 10.1. The molecule has 1 aliphatic rings. The molecule has 1 saturated heterocycles. The monoisotopic (exact) mass is 443 g/mol. The molecule has 0 aliphatic carbocycles. The lowest BCUT2D eigenvalue weighted by Crippen LogP contribution is -2.42. The van der Waals surface area contributed by atoms with Gasteiger partial charge in [-0.2, -0.15) is 0 Å². The van der Waals surface area contributed by atoms with Gasteiger partial charge in [0.25, 0.3) is 0 Å². The molecule has 0 amide bonds. The zero-order valence-electron chi connectivity index (χ0n) is 18.4. The number of halogens is 1. The first kappa shape index (κ1) is 23.4. The lowest BCUT2D eigenvalue weighted by Gasteiger charge is -2.28. The zero-order chi connectivity index (χ0) is 22.4. The van der Waals surface area contributed by atoms with Crippen molar-refractivity contribution in [1.82, 2.24) is 20.3 Å². The van der Waals surface area contributed by atoms with Gasteiger partial charge in [0.05, 0.1) is 30.0 Å². The summed E-state index contributed by atoms with van der Waals surface area (Å²) in [6, 6.07) is 0.0118. The van der Waals surface area contributed by atoms with E-state index in [1.54, 1.807) is 6.20 Å². The highest BCUT2D eigenvalue weighted by Gasteiger charge is 2.24. The fourth-order valence-corrected chi connectivity index (χ4v) is 3.84. The molecular weight excluding hydrogens is 414 g/mol. The molecule has 0 unspecified atom stereocenters. The van der Waals surface area contributed by atoms with E-state index >= 15 is 0 Å². The van der Waals surface area contributed by atoms with Crippen LogP contribution in [0.2, 0.25) is 5.02 Å². The number of rotatable bonds is 6. The van der Waals surface area contributed by atoms with Crippen LogP contribution in [0.1, 0.15) is 68.5 Å². The summed E-state index contributed by atoms with van der Waals surface area (Å²) in [7, 11) is 0. The number of hydrogen-bond donors (Lipinski definition) is 3. The number of aromatic nitrogens is 3. The van der Waals surface area contributed by atoms with Crippen molar-refractivity contribution in [3.8, 4) is 11.8 Å². The van der Waals surface area contributed by atoms with Gasteiger partial charge in [-0.05, 0) is 42.9 Å². The van der Waals surface area contributed by atoms with Crippen molar-refractivity contribution >= 4 is 17.5 Å². The largest absolute Gasteiger partial charge is 0.389 e. The average molecular weight is 444 g/mol. The Labute approximate surface area is 189 Å². The van der Waals surface area contributed by atoms with E-state index < -0.39 is 6.10 Å². The van der Waals surface area contributed by atoms with Crippen LogP contribution < -0.4 is 10.6 Å². The van der Waals surface area contributed by atoms with Crippen LogP contribution in [0.4, 0.5) is 5.95 Å². The Morgan fingerprint density at radius 2 is 2.06 bits per heavy atom. The molecule has 0 spiro atoms. The second-order valence-electron chi connectivity index (χ2n) is 7.95. The SMILES string of the molecule is CCN[C@H](C)c1cncc(C#Cc2nc(N[C@@H]3CCOC[C@H]3O)ncc2Cl)c1C(C)C. The number of pyridine rings is 1. The molecule has 3 heterocycles. The topological polar surface area (TPSA) is 92.2 Å². The summed E-state index contributed by atoms with van der Waals surface area (Å²) in [5.74, 6) is 6.98. The maximum Gasteiger partial charge on any atom is 0.224 e. The summed E-state index contributed by atoms with van der Waals surface area (Å²) in [4.78, 5) is 13.1. The first-order chi connectivity index (χ1) is 14.9. The van der Waals surface area contributed by atoms with Crippen LogP contribution in [0, 0.1) is 11.8 Å². The quantitative estimate of drug-likeness (QED) is 0.590. The van der Waals surface area contributed by atoms with Gasteiger partial charge in [0.15, 0.2) is 0 Å². The molecule has 166 valence electrons. The molecule has 0 aromatic carbocycles. The number of aliphatic hydroxyl groups is 1. The van der Waals surface area contributed by atoms with Crippen LogP contribution in [-0.2, 0) is 4.74 Å². The number of ether oxygens (including phenoxy) is 1. The highest BCUT2D eigenvalue weighted by atomic mass is 35.5. The summed E-state index contributed by atoms with van der Waals surface area (Å²) < 4.78 is 5.27. The van der Waals surface area contributed by atoms with Crippen LogP contribution in [-0.4, -0.2) is 52.0 Å². The average Bonchev–Trinajstić information content (AvgIpc) is 2.75. The van der Waals surface area contributed by atoms with E-state index in [2.05, 4.69) is 65.1 Å². The second kappa shape index (κ2) is 10.9. The molecule has 0 saturated carbocycles. The summed E-state index contributed by atoms with van der Waals surface area (Å²) >= 11 is 6.31. The van der Waals surface area contributed by atoms with E-state index in [9.17, 15) is 5.11 Å². The predicted molar refractivity (Wildman–Crippen MR) is 122 cm³/mol. The second-order valence-corrected chi connectivity index (χ2v) is 8.35. The van der Waals surface area contributed by atoms with E-state index in [0.717, 1.165) is 17.7 Å². The van der Waals surface area contributed by atoms with E-state index in [-0.39, 0.29) is 18.0 Å². The fourth-order valence-electron chi connectivity index (χ4n) is 3.70. The summed E-state index contributed by atoms with van der Waals surface area (Å²) in [5, 5.41) is 17.1. The third-order valence-corrected chi connectivity index (χ3v) is 5.55. The van der Waals surface area contributed by atoms with Gasteiger partial charge < -0.3 is 20.5 Å². The van der Waals surface area contributed by atoms with Crippen LogP contribution >= 0.6 is 11.6 Å². The van der Waals surface area contributed by atoms with Crippen molar-refractivity contribution in [2.45, 2.75) is 58.2 Å². The third-order valence-electron chi connectivity index (χ3n) is 5.27. The third kappa shape index (κ3) is 5.92. The van der Waals surface area contributed by atoms with Crippen molar-refractivity contribution in [1.29, 1.82) is 0 Å². The van der Waals surface area contributed by atoms with Crippen molar-refractivity contribution in [2.75, 3.05) is 25.1 Å². The number of anilines is 1. The predicted octanol–water partition coefficient (Wildman–Crippen LogP) is 3.28. The normalized spacial score (nSPS) is 19.6. The summed E-state index contributed by atoms with van der Waals surface area (Å²) in [6.07, 6.45) is 5.29. The maximum absolute atomic E-state index is 10.1. The molecule has 1 fully saturated rings. The standard InChI is InChI=1S/C23H30ClN5O2/c1-5-26-15(4)17-11-25-10-16(22(17)14(2)3)6-7-19-18(24)12-27-23(28-19)29-20-8-9-31-13-21(20)30/h10-12,14-15,20-21,26,30H,5,8-9,13H2,1-4H3,(H,27,28,29)/t15-,20-,21-/m1/s1. The van der Waals surface area contributed by atoms with Gasteiger partial charge >= 0.3 is 0 Å². The van der Waals surface area contributed by atoms with Gasteiger partial charge in [0.1, 0.15) is 5.69 Å². The molecule has 2 aromatic heterocycles. The number of nitrogens with one attached hydrogen (secondary N) is 2. The number of hydrogen-bond acceptors (Lipinski definition) is 7. The minimum absolute atomic E-state index is 0.170. The van der Waals surface area contributed by atoms with Crippen LogP contribution in [0.3, 0.4) is 0 Å².